The molecule has 0 amide bonds. The van der Waals surface area contributed by atoms with Crippen LogP contribution in [0, 0.1) is 11.6 Å². The van der Waals surface area contributed by atoms with E-state index in [4.69, 9.17) is 0 Å². The van der Waals surface area contributed by atoms with E-state index in [1.165, 1.54) is 25.0 Å². The number of halogens is 3. The van der Waals surface area contributed by atoms with Crippen LogP contribution >= 0.6 is 15.9 Å². The Morgan fingerprint density at radius 1 is 1.32 bits per heavy atom. The lowest BCUT2D eigenvalue weighted by Crippen LogP contribution is -2.37. The number of likely N-dealkylation sites (tertiary alicyclic amines) is 1. The van der Waals surface area contributed by atoms with Crippen LogP contribution < -0.4 is 5.32 Å². The normalized spacial score (nSPS) is 17.9. The molecule has 1 unspecified atom stereocenters. The van der Waals surface area contributed by atoms with Crippen LogP contribution in [0.3, 0.4) is 0 Å². The first kappa shape index (κ1) is 14.9. The molecule has 0 bridgehead atoms. The van der Waals surface area contributed by atoms with E-state index in [-0.39, 0.29) is 18.2 Å². The molecule has 0 radical (unpaired) electrons. The highest BCUT2D eigenvalue weighted by atomic mass is 79.9. The Balaban J connectivity index is 1.89. The summed E-state index contributed by atoms with van der Waals surface area (Å²) in [6, 6.07) is 2.90. The van der Waals surface area contributed by atoms with E-state index in [0.29, 0.717) is 4.47 Å². The molecule has 1 aromatic carbocycles. The van der Waals surface area contributed by atoms with Crippen molar-refractivity contribution >= 4 is 15.9 Å². The summed E-state index contributed by atoms with van der Waals surface area (Å²) in [5.41, 5.74) is 0.0997. The molecule has 1 atom stereocenters. The molecule has 1 aliphatic heterocycles. The number of hydrogen-bond donors (Lipinski definition) is 1. The second-order valence-corrected chi connectivity index (χ2v) is 5.97. The van der Waals surface area contributed by atoms with Crippen LogP contribution in [0.5, 0.6) is 0 Å². The molecule has 1 saturated heterocycles. The van der Waals surface area contributed by atoms with Crippen LogP contribution in [-0.4, -0.2) is 30.6 Å². The Kier molecular flexibility index (Phi) is 5.30. The summed E-state index contributed by atoms with van der Waals surface area (Å²) in [5, 5.41) is 3.19. The quantitative estimate of drug-likeness (QED) is 0.832. The largest absolute Gasteiger partial charge is 0.309 e. The highest BCUT2D eigenvalue weighted by molar-refractivity contribution is 9.10. The van der Waals surface area contributed by atoms with Crippen LogP contribution in [0.1, 0.15) is 25.3 Å². The number of rotatable bonds is 5. The van der Waals surface area contributed by atoms with Gasteiger partial charge in [-0.1, -0.05) is 0 Å². The van der Waals surface area contributed by atoms with E-state index >= 15 is 0 Å². The predicted molar refractivity (Wildman–Crippen MR) is 76.0 cm³/mol. The molecule has 1 fully saturated rings. The predicted octanol–water partition coefficient (Wildman–Crippen LogP) is 3.30. The first-order valence-electron chi connectivity index (χ1n) is 6.66. The Hall–Kier alpha value is -0.520. The Labute approximate surface area is 121 Å². The number of nitrogens with one attached hydrogen (secondary N) is 1. The molecule has 19 heavy (non-hydrogen) atoms. The van der Waals surface area contributed by atoms with Gasteiger partial charge in [0, 0.05) is 24.7 Å². The molecule has 2 nitrogen and oxygen atoms in total. The zero-order valence-corrected chi connectivity index (χ0v) is 12.6. The summed E-state index contributed by atoms with van der Waals surface area (Å²) in [7, 11) is 0. The second-order valence-electron chi connectivity index (χ2n) is 5.11. The molecule has 2 rings (SSSR count). The summed E-state index contributed by atoms with van der Waals surface area (Å²) < 4.78 is 27.7. The van der Waals surface area contributed by atoms with Gasteiger partial charge < -0.3 is 10.2 Å². The van der Waals surface area contributed by atoms with Crippen LogP contribution in [0.15, 0.2) is 16.6 Å². The fourth-order valence-electron chi connectivity index (χ4n) is 2.42. The van der Waals surface area contributed by atoms with E-state index in [0.717, 1.165) is 19.6 Å². The number of hydrogen-bond acceptors (Lipinski definition) is 2. The van der Waals surface area contributed by atoms with Crippen molar-refractivity contribution in [1.29, 1.82) is 0 Å². The van der Waals surface area contributed by atoms with Crippen molar-refractivity contribution in [1.82, 2.24) is 10.2 Å². The van der Waals surface area contributed by atoms with Gasteiger partial charge in [-0.05, 0) is 60.9 Å². The monoisotopic (exact) mass is 332 g/mol. The molecule has 0 aliphatic carbocycles. The molecule has 0 saturated carbocycles. The number of nitrogens with zero attached hydrogens (tertiary/aromatic N) is 1. The summed E-state index contributed by atoms with van der Waals surface area (Å²) in [5.74, 6) is -1.01. The number of benzene rings is 1. The Bertz CT molecular complexity index is 434. The maximum atomic E-state index is 13.8. The third-order valence-electron chi connectivity index (χ3n) is 3.50. The van der Waals surface area contributed by atoms with Gasteiger partial charge in [0.1, 0.15) is 11.6 Å². The zero-order valence-electron chi connectivity index (χ0n) is 11.1. The molecule has 0 spiro atoms. The maximum absolute atomic E-state index is 13.8. The molecule has 5 heteroatoms. The van der Waals surface area contributed by atoms with Crippen molar-refractivity contribution in [3.8, 4) is 0 Å². The molecule has 0 aromatic heterocycles. The van der Waals surface area contributed by atoms with Gasteiger partial charge in [0.2, 0.25) is 0 Å². The van der Waals surface area contributed by atoms with Crippen molar-refractivity contribution in [2.45, 2.75) is 32.4 Å². The molecule has 106 valence electrons. The van der Waals surface area contributed by atoms with Crippen molar-refractivity contribution in [3.63, 3.8) is 0 Å². The topological polar surface area (TPSA) is 15.3 Å². The van der Waals surface area contributed by atoms with Gasteiger partial charge >= 0.3 is 0 Å². The SMILES string of the molecule is CC(CN1CCCC1)NCc1c(F)ccc(Br)c1F. The Morgan fingerprint density at radius 2 is 2.00 bits per heavy atom. The summed E-state index contributed by atoms with van der Waals surface area (Å²) in [6.07, 6.45) is 2.50. The van der Waals surface area contributed by atoms with Crippen LogP contribution in [0.25, 0.3) is 0 Å². The lowest BCUT2D eigenvalue weighted by atomic mass is 10.2. The summed E-state index contributed by atoms with van der Waals surface area (Å²) >= 11 is 3.08. The van der Waals surface area contributed by atoms with Gasteiger partial charge in [0.05, 0.1) is 4.47 Å². The standard InChI is InChI=1S/C14H19BrF2N2/c1-10(9-19-6-2-3-7-19)18-8-11-13(16)5-4-12(15)14(11)17/h4-5,10,18H,2-3,6-9H2,1H3. The average Bonchev–Trinajstić information content (AvgIpc) is 2.87. The second kappa shape index (κ2) is 6.77. The van der Waals surface area contributed by atoms with Gasteiger partial charge in [-0.2, -0.15) is 0 Å². The van der Waals surface area contributed by atoms with E-state index in [9.17, 15) is 8.78 Å². The first-order valence-corrected chi connectivity index (χ1v) is 7.45. The van der Waals surface area contributed by atoms with Crippen molar-refractivity contribution in [2.24, 2.45) is 0 Å². The molecule has 1 heterocycles. The van der Waals surface area contributed by atoms with E-state index in [2.05, 4.69) is 26.1 Å². The molecular weight excluding hydrogens is 314 g/mol. The summed E-state index contributed by atoms with van der Waals surface area (Å²) in [4.78, 5) is 2.38. The fraction of sp³-hybridized carbons (Fsp3) is 0.571. The van der Waals surface area contributed by atoms with Crippen LogP contribution in [-0.2, 0) is 6.54 Å². The fourth-order valence-corrected chi connectivity index (χ4v) is 2.80. The van der Waals surface area contributed by atoms with Crippen molar-refractivity contribution in [2.75, 3.05) is 19.6 Å². The minimum absolute atomic E-state index is 0.0997. The molecule has 1 aliphatic rings. The summed E-state index contributed by atoms with van der Waals surface area (Å²) in [6.45, 7) is 5.45. The average molecular weight is 333 g/mol. The van der Waals surface area contributed by atoms with Gasteiger partial charge in [-0.3, -0.25) is 0 Å². The van der Waals surface area contributed by atoms with Crippen molar-refractivity contribution in [3.05, 3.63) is 33.8 Å². The van der Waals surface area contributed by atoms with Gasteiger partial charge in [0.25, 0.3) is 0 Å². The first-order chi connectivity index (χ1) is 9.08. The highest BCUT2D eigenvalue weighted by Gasteiger charge is 2.16. The van der Waals surface area contributed by atoms with E-state index in [1.54, 1.807) is 0 Å². The third-order valence-corrected chi connectivity index (χ3v) is 4.11. The smallest absolute Gasteiger partial charge is 0.144 e. The van der Waals surface area contributed by atoms with Crippen molar-refractivity contribution < 1.29 is 8.78 Å². The minimum Gasteiger partial charge on any atom is -0.309 e. The van der Waals surface area contributed by atoms with E-state index in [1.807, 2.05) is 6.92 Å². The lowest BCUT2D eigenvalue weighted by molar-refractivity contribution is 0.297. The zero-order chi connectivity index (χ0) is 13.8. The highest BCUT2D eigenvalue weighted by Crippen LogP contribution is 2.21. The minimum atomic E-state index is -0.513. The van der Waals surface area contributed by atoms with E-state index < -0.39 is 11.6 Å². The van der Waals surface area contributed by atoms with Crippen LogP contribution in [0.2, 0.25) is 0 Å². The molecular formula is C14H19BrF2N2. The van der Waals surface area contributed by atoms with Gasteiger partial charge in [0.15, 0.2) is 0 Å². The Morgan fingerprint density at radius 3 is 2.68 bits per heavy atom. The lowest BCUT2D eigenvalue weighted by Gasteiger charge is -2.21. The molecule has 1 N–H and O–H groups in total. The maximum Gasteiger partial charge on any atom is 0.144 e. The third kappa shape index (κ3) is 3.97. The van der Waals surface area contributed by atoms with Gasteiger partial charge in [-0.25, -0.2) is 8.78 Å². The van der Waals surface area contributed by atoms with Gasteiger partial charge in [-0.15, -0.1) is 0 Å². The van der Waals surface area contributed by atoms with Crippen LogP contribution in [0.4, 0.5) is 8.78 Å². The molecule has 1 aromatic rings.